The zero-order chi connectivity index (χ0) is 30.5. The first kappa shape index (κ1) is 28.2. The standard InChI is InChI=1S/C33H34N6O5/c1-32-16-17-33(44-32)27(26(32)29(41)35-22-12-6-3-7-13-22)31(43)39(23(19-40)18-21-10-4-2-5-11-21)28(33)30(42)34-20-38-25-15-9-8-14-24(25)36-37-38/h2-15,23,26-28,40H,16-20H2,1H3,(H,34,42)(H,35,41)/t23-,26+,27+,28?,32-,33?/m1/s1. The van der Waals surface area contributed by atoms with Crippen LogP contribution in [-0.4, -0.2) is 72.6 Å². The molecular formula is C33H34N6O5. The molecule has 3 aliphatic heterocycles. The van der Waals surface area contributed by atoms with Gasteiger partial charge in [0.1, 0.15) is 23.8 Å². The van der Waals surface area contributed by atoms with Crippen molar-refractivity contribution in [3.05, 3.63) is 90.5 Å². The number of hydrogen-bond donors (Lipinski definition) is 3. The lowest BCUT2D eigenvalue weighted by Gasteiger charge is -2.37. The number of amides is 3. The Kier molecular flexibility index (Phi) is 6.94. The van der Waals surface area contributed by atoms with Crippen molar-refractivity contribution < 1.29 is 24.2 Å². The Balaban J connectivity index is 1.24. The predicted octanol–water partition coefficient (Wildman–Crippen LogP) is 2.51. The molecule has 3 aromatic carbocycles. The first-order valence-corrected chi connectivity index (χ1v) is 14.9. The molecule has 11 nitrogen and oxygen atoms in total. The smallest absolute Gasteiger partial charge is 0.247 e. The van der Waals surface area contributed by atoms with E-state index in [9.17, 15) is 19.5 Å². The molecule has 0 radical (unpaired) electrons. The van der Waals surface area contributed by atoms with Gasteiger partial charge in [-0.3, -0.25) is 14.4 Å². The molecule has 3 N–H and O–H groups in total. The number of fused-ring (bicyclic) bond motifs is 2. The maximum absolute atomic E-state index is 14.5. The number of carbonyl (C=O) groups is 3. The van der Waals surface area contributed by atoms with E-state index in [1.807, 2.05) is 79.7 Å². The van der Waals surface area contributed by atoms with E-state index in [1.165, 1.54) is 4.90 Å². The molecule has 3 amide bonds. The largest absolute Gasteiger partial charge is 0.394 e. The Bertz CT molecular complexity index is 1710. The van der Waals surface area contributed by atoms with Crippen LogP contribution >= 0.6 is 0 Å². The lowest BCUT2D eigenvalue weighted by molar-refractivity contribution is -0.149. The molecular weight excluding hydrogens is 560 g/mol. The number of aromatic nitrogens is 3. The van der Waals surface area contributed by atoms with Crippen LogP contribution in [0.4, 0.5) is 5.69 Å². The molecule has 1 spiro atoms. The summed E-state index contributed by atoms with van der Waals surface area (Å²) in [5.74, 6) is -2.82. The number of likely N-dealkylation sites (tertiary alicyclic amines) is 1. The number of nitrogens with zero attached hydrogens (tertiary/aromatic N) is 4. The summed E-state index contributed by atoms with van der Waals surface area (Å²) in [7, 11) is 0. The number of aliphatic hydroxyl groups excluding tert-OH is 1. The predicted molar refractivity (Wildman–Crippen MR) is 161 cm³/mol. The van der Waals surface area contributed by atoms with Crippen molar-refractivity contribution >= 4 is 34.4 Å². The molecule has 44 heavy (non-hydrogen) atoms. The van der Waals surface area contributed by atoms with Crippen LogP contribution in [0.25, 0.3) is 11.0 Å². The molecule has 6 atom stereocenters. The fourth-order valence-corrected chi connectivity index (χ4v) is 7.62. The molecule has 2 unspecified atom stereocenters. The van der Waals surface area contributed by atoms with Crippen molar-refractivity contribution in [1.29, 1.82) is 0 Å². The van der Waals surface area contributed by atoms with Crippen LogP contribution in [0.1, 0.15) is 25.3 Å². The van der Waals surface area contributed by atoms with Crippen molar-refractivity contribution in [2.45, 2.75) is 56.1 Å². The van der Waals surface area contributed by atoms with Gasteiger partial charge < -0.3 is 25.4 Å². The summed E-state index contributed by atoms with van der Waals surface area (Å²) in [5, 5.41) is 24.9. The highest BCUT2D eigenvalue weighted by Crippen LogP contribution is 2.63. The fourth-order valence-electron chi connectivity index (χ4n) is 7.62. The van der Waals surface area contributed by atoms with Gasteiger partial charge in [0.05, 0.1) is 35.6 Å². The summed E-state index contributed by atoms with van der Waals surface area (Å²) in [6.07, 6.45) is 1.28. The quantitative estimate of drug-likeness (QED) is 0.271. The fraction of sp³-hybridized carbons (Fsp3) is 0.364. The average molecular weight is 595 g/mol. The number of anilines is 1. The first-order chi connectivity index (χ1) is 21.3. The molecule has 1 aromatic heterocycles. The maximum atomic E-state index is 14.5. The minimum absolute atomic E-state index is 0.0241. The van der Waals surface area contributed by atoms with E-state index in [1.54, 1.807) is 16.8 Å². The minimum Gasteiger partial charge on any atom is -0.394 e. The molecule has 0 saturated carbocycles. The van der Waals surface area contributed by atoms with Crippen molar-refractivity contribution in [3.63, 3.8) is 0 Å². The molecule has 3 fully saturated rings. The van der Waals surface area contributed by atoms with E-state index in [2.05, 4.69) is 20.9 Å². The summed E-state index contributed by atoms with van der Waals surface area (Å²) < 4.78 is 8.31. The van der Waals surface area contributed by atoms with Gasteiger partial charge in [-0.05, 0) is 56.0 Å². The number of ether oxygens (including phenoxy) is 1. The van der Waals surface area contributed by atoms with Gasteiger partial charge in [-0.2, -0.15) is 0 Å². The van der Waals surface area contributed by atoms with E-state index in [0.717, 1.165) is 11.1 Å². The summed E-state index contributed by atoms with van der Waals surface area (Å²) in [6.45, 7) is 1.52. The Morgan fingerprint density at radius 2 is 1.70 bits per heavy atom. The van der Waals surface area contributed by atoms with Gasteiger partial charge in [-0.15, -0.1) is 5.10 Å². The highest BCUT2D eigenvalue weighted by molar-refractivity contribution is 6.02. The third-order valence-electron chi connectivity index (χ3n) is 9.53. The molecule has 2 bridgehead atoms. The SMILES string of the molecule is C[C@]12CCC3(O1)C(C(=O)NCn1nnc4ccccc41)N([C@@H](CO)Cc1ccccc1)C(=O)[C@@H]3[C@H]2C(=O)Nc1ccccc1. The second-order valence-corrected chi connectivity index (χ2v) is 12.1. The van der Waals surface area contributed by atoms with Gasteiger partial charge in [0.15, 0.2) is 0 Å². The van der Waals surface area contributed by atoms with Gasteiger partial charge >= 0.3 is 0 Å². The van der Waals surface area contributed by atoms with E-state index in [-0.39, 0.29) is 25.1 Å². The van der Waals surface area contributed by atoms with E-state index in [0.29, 0.717) is 30.5 Å². The van der Waals surface area contributed by atoms with Gasteiger partial charge in [0, 0.05) is 5.69 Å². The van der Waals surface area contributed by atoms with Gasteiger partial charge in [-0.1, -0.05) is 65.9 Å². The monoisotopic (exact) mass is 594 g/mol. The van der Waals surface area contributed by atoms with Crippen molar-refractivity contribution in [2.24, 2.45) is 11.8 Å². The average Bonchev–Trinajstić information content (AvgIpc) is 3.75. The van der Waals surface area contributed by atoms with E-state index >= 15 is 0 Å². The number of benzene rings is 3. The Morgan fingerprint density at radius 3 is 2.45 bits per heavy atom. The topological polar surface area (TPSA) is 139 Å². The summed E-state index contributed by atoms with van der Waals surface area (Å²) >= 11 is 0. The molecule has 4 heterocycles. The number of carbonyl (C=O) groups excluding carboxylic acids is 3. The normalized spacial score (nSPS) is 27.8. The van der Waals surface area contributed by atoms with Crippen LogP contribution in [0.5, 0.6) is 0 Å². The van der Waals surface area contributed by atoms with Crippen LogP contribution in [0, 0.1) is 11.8 Å². The number of hydrogen-bond acceptors (Lipinski definition) is 7. The lowest BCUT2D eigenvalue weighted by atomic mass is 9.66. The first-order valence-electron chi connectivity index (χ1n) is 14.9. The lowest BCUT2D eigenvalue weighted by Crippen LogP contribution is -2.58. The highest BCUT2D eigenvalue weighted by Gasteiger charge is 2.78. The Hall–Kier alpha value is -4.61. The molecule has 3 aliphatic rings. The summed E-state index contributed by atoms with van der Waals surface area (Å²) in [4.78, 5) is 44.2. The van der Waals surface area contributed by atoms with Crippen LogP contribution in [-0.2, 0) is 32.2 Å². The third kappa shape index (κ3) is 4.46. The number of nitrogens with one attached hydrogen (secondary N) is 2. The minimum atomic E-state index is -1.23. The Labute approximate surface area is 254 Å². The Morgan fingerprint density at radius 1 is 1.00 bits per heavy atom. The van der Waals surface area contributed by atoms with Gasteiger partial charge in [-0.25, -0.2) is 4.68 Å². The number of para-hydroxylation sites is 2. The van der Waals surface area contributed by atoms with Crippen LogP contribution in [0.3, 0.4) is 0 Å². The molecule has 3 saturated heterocycles. The molecule has 4 aromatic rings. The second-order valence-electron chi connectivity index (χ2n) is 12.1. The molecule has 11 heteroatoms. The molecule has 7 rings (SSSR count). The molecule has 0 aliphatic carbocycles. The van der Waals surface area contributed by atoms with Gasteiger partial charge in [0.2, 0.25) is 17.7 Å². The number of aliphatic hydroxyl groups is 1. The maximum Gasteiger partial charge on any atom is 0.247 e. The van der Waals surface area contributed by atoms with E-state index < -0.39 is 41.0 Å². The van der Waals surface area contributed by atoms with Crippen LogP contribution in [0.2, 0.25) is 0 Å². The zero-order valence-electron chi connectivity index (χ0n) is 24.3. The van der Waals surface area contributed by atoms with Crippen LogP contribution in [0.15, 0.2) is 84.9 Å². The third-order valence-corrected chi connectivity index (χ3v) is 9.53. The van der Waals surface area contributed by atoms with Crippen LogP contribution < -0.4 is 10.6 Å². The highest BCUT2D eigenvalue weighted by atomic mass is 16.5. The molecule has 226 valence electrons. The summed E-state index contributed by atoms with van der Waals surface area (Å²) in [5.41, 5.74) is 0.816. The van der Waals surface area contributed by atoms with E-state index in [4.69, 9.17) is 4.74 Å². The van der Waals surface area contributed by atoms with Crippen molar-refractivity contribution in [1.82, 2.24) is 25.2 Å². The summed E-state index contributed by atoms with van der Waals surface area (Å²) in [6, 6.07) is 24.3. The number of rotatable bonds is 9. The van der Waals surface area contributed by atoms with Crippen molar-refractivity contribution in [3.8, 4) is 0 Å². The zero-order valence-corrected chi connectivity index (χ0v) is 24.3. The van der Waals surface area contributed by atoms with Crippen molar-refractivity contribution in [2.75, 3.05) is 11.9 Å². The van der Waals surface area contributed by atoms with Gasteiger partial charge in [0.25, 0.3) is 0 Å². The second kappa shape index (κ2) is 10.8.